The highest BCUT2D eigenvalue weighted by Crippen LogP contribution is 2.24. The van der Waals surface area contributed by atoms with Crippen LogP contribution in [0.15, 0.2) is 4.34 Å². The van der Waals surface area contributed by atoms with Gasteiger partial charge in [0.2, 0.25) is 0 Å². The number of aliphatic carboxylic acids is 1. The summed E-state index contributed by atoms with van der Waals surface area (Å²) in [6.07, 6.45) is 0. The molecule has 0 aliphatic heterocycles. The Hall–Kier alpha value is -0.660. The molecule has 1 rings (SSSR count). The number of aromatic nitrogens is 2. The van der Waals surface area contributed by atoms with E-state index in [2.05, 4.69) is 10.2 Å². The third-order valence-electron chi connectivity index (χ3n) is 1.49. The van der Waals surface area contributed by atoms with Gasteiger partial charge >= 0.3 is 5.97 Å². The molecule has 14 heavy (non-hydrogen) atoms. The number of carboxylic acids is 1. The quantitative estimate of drug-likeness (QED) is 0.746. The van der Waals surface area contributed by atoms with E-state index in [-0.39, 0.29) is 5.75 Å². The van der Waals surface area contributed by atoms with Crippen LogP contribution in [0.1, 0.15) is 11.9 Å². The summed E-state index contributed by atoms with van der Waals surface area (Å²) in [4.78, 5) is 10.7. The smallest absolute Gasteiger partial charge is 0.324 e. The monoisotopic (exact) mass is 233 g/mol. The maximum atomic E-state index is 10.7. The number of thioether (sulfide) groups is 1. The minimum atomic E-state index is -1.22. The Labute approximate surface area is 89.7 Å². The Kier molecular flexibility index (Phi) is 3.46. The van der Waals surface area contributed by atoms with Gasteiger partial charge in [-0.2, -0.15) is 0 Å². The molecule has 1 atom stereocenters. The fourth-order valence-electron chi connectivity index (χ4n) is 0.610. The van der Waals surface area contributed by atoms with Crippen molar-refractivity contribution >= 4 is 29.1 Å². The van der Waals surface area contributed by atoms with Gasteiger partial charge in [0.1, 0.15) is 10.5 Å². The molecule has 78 valence electrons. The third-order valence-corrected chi connectivity index (χ3v) is 3.80. The molecule has 7 heteroatoms. The van der Waals surface area contributed by atoms with E-state index in [4.69, 9.17) is 10.8 Å². The van der Waals surface area contributed by atoms with E-state index < -0.39 is 11.5 Å². The van der Waals surface area contributed by atoms with Crippen molar-refractivity contribution in [1.29, 1.82) is 0 Å². The Morgan fingerprint density at radius 1 is 1.71 bits per heavy atom. The molecule has 1 unspecified atom stereocenters. The van der Waals surface area contributed by atoms with Crippen molar-refractivity contribution in [3.05, 3.63) is 5.01 Å². The van der Waals surface area contributed by atoms with Crippen LogP contribution in [0.2, 0.25) is 0 Å². The first-order chi connectivity index (χ1) is 6.42. The van der Waals surface area contributed by atoms with Gasteiger partial charge in [-0.15, -0.1) is 10.2 Å². The van der Waals surface area contributed by atoms with Gasteiger partial charge < -0.3 is 10.8 Å². The summed E-state index contributed by atoms with van der Waals surface area (Å²) in [5.41, 5.74) is 4.33. The van der Waals surface area contributed by atoms with Gasteiger partial charge in [0.25, 0.3) is 0 Å². The number of rotatable bonds is 4. The summed E-state index contributed by atoms with van der Waals surface area (Å²) in [6.45, 7) is 3.33. The first kappa shape index (κ1) is 11.4. The van der Waals surface area contributed by atoms with Crippen LogP contribution in [0.4, 0.5) is 0 Å². The normalized spacial score (nSPS) is 15.1. The van der Waals surface area contributed by atoms with Crippen molar-refractivity contribution in [3.8, 4) is 0 Å². The molecule has 0 amide bonds. The molecule has 0 saturated carbocycles. The molecule has 1 aromatic rings. The van der Waals surface area contributed by atoms with Crippen LogP contribution >= 0.6 is 23.1 Å². The summed E-state index contributed by atoms with van der Waals surface area (Å²) in [6, 6.07) is 0. The van der Waals surface area contributed by atoms with Crippen LogP contribution in [0.3, 0.4) is 0 Å². The first-order valence-corrected chi connectivity index (χ1v) is 5.67. The van der Waals surface area contributed by atoms with Crippen LogP contribution in [0.25, 0.3) is 0 Å². The van der Waals surface area contributed by atoms with E-state index in [1.54, 1.807) is 0 Å². The lowest BCUT2D eigenvalue weighted by molar-refractivity contribution is -0.141. The van der Waals surface area contributed by atoms with E-state index in [0.29, 0.717) is 0 Å². The third kappa shape index (κ3) is 2.93. The lowest BCUT2D eigenvalue weighted by Crippen LogP contribution is -2.47. The highest BCUT2D eigenvalue weighted by Gasteiger charge is 2.28. The molecule has 0 spiro atoms. The summed E-state index contributed by atoms with van der Waals surface area (Å²) >= 11 is 2.75. The zero-order valence-electron chi connectivity index (χ0n) is 7.85. The predicted molar refractivity (Wildman–Crippen MR) is 55.6 cm³/mol. The molecule has 0 saturated heterocycles. The zero-order valence-corrected chi connectivity index (χ0v) is 9.48. The molecular weight excluding hydrogens is 222 g/mol. The van der Waals surface area contributed by atoms with E-state index in [1.165, 1.54) is 30.0 Å². The Bertz CT molecular complexity index is 337. The number of hydrogen-bond acceptors (Lipinski definition) is 6. The van der Waals surface area contributed by atoms with Gasteiger partial charge in [0.15, 0.2) is 4.34 Å². The Morgan fingerprint density at radius 3 is 2.79 bits per heavy atom. The number of carbonyl (C=O) groups is 1. The maximum Gasteiger partial charge on any atom is 0.324 e. The lowest BCUT2D eigenvalue weighted by Gasteiger charge is -2.16. The number of carboxylic acid groups (broad SMARTS) is 1. The van der Waals surface area contributed by atoms with Gasteiger partial charge in [-0.25, -0.2) is 0 Å². The topological polar surface area (TPSA) is 89.1 Å². The fraction of sp³-hybridized carbons (Fsp3) is 0.571. The number of aryl methyl sites for hydroxylation is 1. The lowest BCUT2D eigenvalue weighted by atomic mass is 10.1. The number of nitrogens with zero attached hydrogens (tertiary/aromatic N) is 2. The molecule has 0 aliphatic rings. The maximum absolute atomic E-state index is 10.7. The standard InChI is InChI=1S/C7H11N3O2S2/c1-4-9-10-6(14-4)13-3-7(2,8)5(11)12/h3,8H2,1-2H3,(H,11,12). The average molecular weight is 233 g/mol. The summed E-state index contributed by atoms with van der Waals surface area (Å²) in [7, 11) is 0. The SMILES string of the molecule is Cc1nnc(SCC(C)(N)C(=O)O)s1. The summed E-state index contributed by atoms with van der Waals surface area (Å²) in [5.74, 6) is -0.719. The van der Waals surface area contributed by atoms with Gasteiger partial charge in [0, 0.05) is 5.75 Å². The van der Waals surface area contributed by atoms with E-state index >= 15 is 0 Å². The molecule has 0 bridgehead atoms. The first-order valence-electron chi connectivity index (χ1n) is 3.87. The zero-order chi connectivity index (χ0) is 10.8. The molecule has 1 aromatic heterocycles. The average Bonchev–Trinajstić information content (AvgIpc) is 2.48. The van der Waals surface area contributed by atoms with E-state index in [0.717, 1.165) is 9.35 Å². The summed E-state index contributed by atoms with van der Waals surface area (Å²) < 4.78 is 0.750. The van der Waals surface area contributed by atoms with E-state index in [9.17, 15) is 4.79 Å². The van der Waals surface area contributed by atoms with Gasteiger partial charge in [0.05, 0.1) is 0 Å². The molecule has 1 heterocycles. The van der Waals surface area contributed by atoms with Crippen molar-refractivity contribution in [3.63, 3.8) is 0 Å². The molecule has 0 aliphatic carbocycles. The molecular formula is C7H11N3O2S2. The molecule has 0 fully saturated rings. The summed E-state index contributed by atoms with van der Waals surface area (Å²) in [5, 5.41) is 17.3. The van der Waals surface area contributed by atoms with Crippen molar-refractivity contribution in [2.45, 2.75) is 23.7 Å². The van der Waals surface area contributed by atoms with Gasteiger partial charge in [-0.05, 0) is 13.8 Å². The fourth-order valence-corrected chi connectivity index (χ4v) is 2.45. The minimum Gasteiger partial charge on any atom is -0.480 e. The highest BCUT2D eigenvalue weighted by atomic mass is 32.2. The number of hydrogen-bond donors (Lipinski definition) is 2. The second-order valence-electron chi connectivity index (χ2n) is 3.10. The van der Waals surface area contributed by atoms with Gasteiger partial charge in [-0.3, -0.25) is 4.79 Å². The number of nitrogens with two attached hydrogens (primary N) is 1. The Balaban J connectivity index is 2.52. The van der Waals surface area contributed by atoms with Crippen molar-refractivity contribution in [2.75, 3.05) is 5.75 Å². The molecule has 3 N–H and O–H groups in total. The highest BCUT2D eigenvalue weighted by molar-refractivity contribution is 8.01. The minimum absolute atomic E-state index is 0.289. The second-order valence-corrected chi connectivity index (χ2v) is 5.50. The molecule has 0 radical (unpaired) electrons. The van der Waals surface area contributed by atoms with Crippen LogP contribution in [-0.4, -0.2) is 32.6 Å². The second kappa shape index (κ2) is 4.24. The van der Waals surface area contributed by atoms with Crippen LogP contribution in [-0.2, 0) is 4.79 Å². The molecule has 0 aromatic carbocycles. The van der Waals surface area contributed by atoms with Crippen molar-refractivity contribution < 1.29 is 9.90 Å². The largest absolute Gasteiger partial charge is 0.480 e. The van der Waals surface area contributed by atoms with E-state index in [1.807, 2.05) is 6.92 Å². The van der Waals surface area contributed by atoms with Crippen molar-refractivity contribution in [1.82, 2.24) is 10.2 Å². The van der Waals surface area contributed by atoms with Crippen LogP contribution in [0.5, 0.6) is 0 Å². The van der Waals surface area contributed by atoms with Crippen LogP contribution in [0, 0.1) is 6.92 Å². The molecule has 5 nitrogen and oxygen atoms in total. The predicted octanol–water partition coefficient (Wildman–Crippen LogP) is 0.741. The van der Waals surface area contributed by atoms with Crippen molar-refractivity contribution in [2.24, 2.45) is 5.73 Å². The van der Waals surface area contributed by atoms with Crippen LogP contribution < -0.4 is 5.73 Å². The Morgan fingerprint density at radius 2 is 2.36 bits per heavy atom. The van der Waals surface area contributed by atoms with Gasteiger partial charge in [-0.1, -0.05) is 23.1 Å².